The molecule has 0 aliphatic heterocycles. The lowest BCUT2D eigenvalue weighted by molar-refractivity contribution is 0.863. The molecule has 0 saturated carbocycles. The van der Waals surface area contributed by atoms with Crippen LogP contribution in [0.2, 0.25) is 5.02 Å². The van der Waals surface area contributed by atoms with Gasteiger partial charge in [0.1, 0.15) is 5.01 Å². The van der Waals surface area contributed by atoms with Crippen molar-refractivity contribution in [2.45, 2.75) is 13.8 Å². The Morgan fingerprint density at radius 3 is 2.38 bits per heavy atom. The van der Waals surface area contributed by atoms with Gasteiger partial charge in [-0.15, -0.1) is 0 Å². The quantitative estimate of drug-likeness (QED) is 0.502. The van der Waals surface area contributed by atoms with Crippen molar-refractivity contribution in [1.29, 1.82) is 10.8 Å². The van der Waals surface area contributed by atoms with Gasteiger partial charge in [0.15, 0.2) is 5.84 Å². The second-order valence-electron chi connectivity index (χ2n) is 5.67. The number of halogens is 1. The van der Waals surface area contributed by atoms with Crippen LogP contribution in [-0.4, -0.2) is 28.7 Å². The average molecular weight is 386 g/mol. The molecule has 0 saturated heterocycles. The molecule has 3 rings (SSSR count). The Balaban J connectivity index is 1.92. The van der Waals surface area contributed by atoms with Gasteiger partial charge in [-0.05, 0) is 50.2 Å². The molecular weight excluding hydrogens is 366 g/mol. The van der Waals surface area contributed by atoms with E-state index in [2.05, 4.69) is 36.0 Å². The lowest BCUT2D eigenvalue weighted by Gasteiger charge is -2.20. The molecule has 134 valence electrons. The monoisotopic (exact) mass is 385 g/mol. The zero-order chi connectivity index (χ0) is 18.7. The molecule has 0 spiro atoms. The maximum Gasteiger partial charge on any atom is 0.206 e. The number of nitrogens with one attached hydrogen (secondary N) is 2. The third kappa shape index (κ3) is 3.57. The zero-order valence-corrected chi connectivity index (χ0v) is 16.2. The van der Waals surface area contributed by atoms with Gasteiger partial charge in [-0.1, -0.05) is 35.1 Å². The van der Waals surface area contributed by atoms with Crippen LogP contribution < -0.4 is 9.70 Å². The number of nitrogens with zero attached hydrogens (tertiary/aromatic N) is 3. The van der Waals surface area contributed by atoms with Crippen LogP contribution in [-0.2, 0) is 0 Å². The predicted octanol–water partition coefficient (Wildman–Crippen LogP) is 4.46. The Bertz CT molecular complexity index is 970. The molecule has 0 bridgehead atoms. The summed E-state index contributed by atoms with van der Waals surface area (Å²) in [6, 6.07) is 15.3. The molecule has 0 fully saturated rings. The van der Waals surface area contributed by atoms with Gasteiger partial charge < -0.3 is 4.90 Å². The van der Waals surface area contributed by atoms with Crippen LogP contribution in [0.25, 0.3) is 10.6 Å². The first-order valence-electron chi connectivity index (χ1n) is 8.39. The summed E-state index contributed by atoms with van der Waals surface area (Å²) >= 11 is 7.42. The first kappa shape index (κ1) is 18.4. The van der Waals surface area contributed by atoms with Crippen LogP contribution >= 0.6 is 22.9 Å². The SMILES string of the molecule is CCN(CC)c1ccc(-c2nn(C(=N)c3ccccc3Cl)c(=N)s2)cc1. The summed E-state index contributed by atoms with van der Waals surface area (Å²) in [7, 11) is 0. The maximum atomic E-state index is 8.36. The Kier molecular flexibility index (Phi) is 5.54. The van der Waals surface area contributed by atoms with E-state index in [1.807, 2.05) is 24.3 Å². The highest BCUT2D eigenvalue weighted by molar-refractivity contribution is 7.12. The summed E-state index contributed by atoms with van der Waals surface area (Å²) in [5.74, 6) is 0.0999. The van der Waals surface area contributed by atoms with Crippen LogP contribution in [0.3, 0.4) is 0 Å². The molecule has 1 aromatic heterocycles. The summed E-state index contributed by atoms with van der Waals surface area (Å²) in [4.78, 5) is 2.46. The Hall–Kier alpha value is -2.44. The van der Waals surface area contributed by atoms with Gasteiger partial charge in [-0.3, -0.25) is 10.8 Å². The molecule has 26 heavy (non-hydrogen) atoms. The number of aromatic nitrogens is 2. The fraction of sp³-hybridized carbons (Fsp3) is 0.211. The second kappa shape index (κ2) is 7.85. The first-order valence-corrected chi connectivity index (χ1v) is 9.58. The van der Waals surface area contributed by atoms with Crippen molar-refractivity contribution in [2.24, 2.45) is 0 Å². The lowest BCUT2D eigenvalue weighted by atomic mass is 10.2. The molecular formula is C19H20ClN5S. The summed E-state index contributed by atoms with van der Waals surface area (Å²) in [5.41, 5.74) is 2.66. The van der Waals surface area contributed by atoms with Gasteiger partial charge in [0.05, 0.1) is 5.02 Å². The highest BCUT2D eigenvalue weighted by Crippen LogP contribution is 2.24. The van der Waals surface area contributed by atoms with E-state index in [1.165, 1.54) is 16.0 Å². The van der Waals surface area contributed by atoms with E-state index in [9.17, 15) is 0 Å². The van der Waals surface area contributed by atoms with Gasteiger partial charge in [0.25, 0.3) is 0 Å². The van der Waals surface area contributed by atoms with Crippen molar-refractivity contribution in [3.8, 4) is 10.6 Å². The molecule has 7 heteroatoms. The standard InChI is InChI=1S/C19H20ClN5S/c1-3-24(4-2)14-11-9-13(10-12-14)18-23-25(19(22)26-18)17(21)15-7-5-6-8-16(15)20/h5-12,21-22H,3-4H2,1-2H3. The molecule has 1 heterocycles. The second-order valence-corrected chi connectivity index (χ2v) is 7.06. The zero-order valence-electron chi connectivity index (χ0n) is 14.7. The van der Waals surface area contributed by atoms with Crippen molar-refractivity contribution in [1.82, 2.24) is 9.78 Å². The van der Waals surface area contributed by atoms with Crippen molar-refractivity contribution in [3.63, 3.8) is 0 Å². The maximum absolute atomic E-state index is 8.36. The van der Waals surface area contributed by atoms with Crippen LogP contribution in [0.1, 0.15) is 19.4 Å². The van der Waals surface area contributed by atoms with Crippen molar-refractivity contribution < 1.29 is 0 Å². The molecule has 0 amide bonds. The first-order chi connectivity index (χ1) is 12.5. The van der Waals surface area contributed by atoms with Crippen LogP contribution in [0.5, 0.6) is 0 Å². The third-order valence-electron chi connectivity index (χ3n) is 4.16. The van der Waals surface area contributed by atoms with Crippen LogP contribution in [0, 0.1) is 10.8 Å². The largest absolute Gasteiger partial charge is 0.372 e. The van der Waals surface area contributed by atoms with E-state index in [0.717, 1.165) is 24.3 Å². The van der Waals surface area contributed by atoms with Crippen LogP contribution in [0.15, 0.2) is 48.5 Å². The molecule has 0 radical (unpaired) electrons. The predicted molar refractivity (Wildman–Crippen MR) is 109 cm³/mol. The van der Waals surface area contributed by atoms with Crippen molar-refractivity contribution in [3.05, 3.63) is 63.9 Å². The van der Waals surface area contributed by atoms with Gasteiger partial charge in [0, 0.05) is 29.9 Å². The fourth-order valence-electron chi connectivity index (χ4n) is 2.73. The van der Waals surface area contributed by atoms with E-state index >= 15 is 0 Å². The summed E-state index contributed by atoms with van der Waals surface area (Å²) in [6.07, 6.45) is 0. The van der Waals surface area contributed by atoms with E-state index in [4.69, 9.17) is 22.4 Å². The Morgan fingerprint density at radius 2 is 1.77 bits per heavy atom. The molecule has 5 nitrogen and oxygen atoms in total. The molecule has 0 aliphatic rings. The third-order valence-corrected chi connectivity index (χ3v) is 5.37. The lowest BCUT2D eigenvalue weighted by Crippen LogP contribution is -2.24. The van der Waals surface area contributed by atoms with Gasteiger partial charge >= 0.3 is 0 Å². The normalized spacial score (nSPS) is 10.7. The van der Waals surface area contributed by atoms with E-state index in [0.29, 0.717) is 15.6 Å². The summed E-state index contributed by atoms with van der Waals surface area (Å²) < 4.78 is 1.32. The molecule has 2 N–H and O–H groups in total. The minimum atomic E-state index is 0.0999. The molecule has 3 aromatic rings. The summed E-state index contributed by atoms with van der Waals surface area (Å²) in [6.45, 7) is 6.18. The van der Waals surface area contributed by atoms with Crippen LogP contribution in [0.4, 0.5) is 5.69 Å². The Labute approximate surface area is 161 Å². The number of benzene rings is 2. The van der Waals surface area contributed by atoms with Crippen molar-refractivity contribution >= 4 is 34.5 Å². The van der Waals surface area contributed by atoms with Gasteiger partial charge in [-0.25, -0.2) is 0 Å². The Morgan fingerprint density at radius 1 is 1.12 bits per heavy atom. The molecule has 0 unspecified atom stereocenters. The highest BCUT2D eigenvalue weighted by atomic mass is 35.5. The topological polar surface area (TPSA) is 68.8 Å². The van der Waals surface area contributed by atoms with E-state index in [1.54, 1.807) is 12.1 Å². The average Bonchev–Trinajstić information content (AvgIpc) is 3.05. The smallest absolute Gasteiger partial charge is 0.206 e. The van der Waals surface area contributed by atoms with E-state index < -0.39 is 0 Å². The van der Waals surface area contributed by atoms with Crippen molar-refractivity contribution in [2.75, 3.05) is 18.0 Å². The summed E-state index contributed by atoms with van der Waals surface area (Å²) in [5, 5.41) is 22.2. The molecule has 0 aliphatic carbocycles. The van der Waals surface area contributed by atoms with E-state index in [-0.39, 0.29) is 10.6 Å². The molecule has 0 atom stereocenters. The minimum absolute atomic E-state index is 0.0999. The molecule has 2 aromatic carbocycles. The number of hydrogen-bond acceptors (Lipinski definition) is 5. The van der Waals surface area contributed by atoms with Gasteiger partial charge in [-0.2, -0.15) is 9.78 Å². The number of anilines is 1. The fourth-order valence-corrected chi connectivity index (χ4v) is 3.73. The number of rotatable bonds is 5. The minimum Gasteiger partial charge on any atom is -0.372 e. The van der Waals surface area contributed by atoms with Gasteiger partial charge in [0.2, 0.25) is 4.80 Å². The highest BCUT2D eigenvalue weighted by Gasteiger charge is 2.14. The number of hydrogen-bond donors (Lipinski definition) is 2.